The summed E-state index contributed by atoms with van der Waals surface area (Å²) in [5.41, 5.74) is 3.18. The number of rotatable bonds is 6. The first-order chi connectivity index (χ1) is 15.0. The molecule has 0 saturated heterocycles. The van der Waals surface area contributed by atoms with Crippen molar-refractivity contribution in [2.24, 2.45) is 0 Å². The van der Waals surface area contributed by atoms with Gasteiger partial charge in [-0.15, -0.1) is 0 Å². The average Bonchev–Trinajstić information content (AvgIpc) is 2.79. The van der Waals surface area contributed by atoms with Crippen LogP contribution in [0.5, 0.6) is 11.5 Å². The largest absolute Gasteiger partial charge is 0.493 e. The Balaban J connectivity index is 1.61. The lowest BCUT2D eigenvalue weighted by Crippen LogP contribution is -2.11. The van der Waals surface area contributed by atoms with E-state index in [2.05, 4.69) is 9.97 Å². The molecule has 0 fully saturated rings. The van der Waals surface area contributed by atoms with Gasteiger partial charge in [0.15, 0.2) is 17.3 Å². The van der Waals surface area contributed by atoms with Crippen molar-refractivity contribution in [2.45, 2.75) is 13.5 Å². The molecule has 0 atom stereocenters. The number of aryl methyl sites for hydroxylation is 1. The summed E-state index contributed by atoms with van der Waals surface area (Å²) >= 11 is 6.50. The Kier molecular flexibility index (Phi) is 6.05. The van der Waals surface area contributed by atoms with Gasteiger partial charge in [0.2, 0.25) is 0 Å². The number of aromatic nitrogens is 2. The number of para-hydroxylation sites is 1. The Hall–Kier alpha value is -3.57. The van der Waals surface area contributed by atoms with Gasteiger partial charge in [0.1, 0.15) is 6.61 Å². The third-order valence-corrected chi connectivity index (χ3v) is 5.17. The number of benzene rings is 3. The first kappa shape index (κ1) is 20.7. The van der Waals surface area contributed by atoms with E-state index in [4.69, 9.17) is 21.1 Å². The van der Waals surface area contributed by atoms with E-state index in [-0.39, 0.29) is 5.56 Å². The van der Waals surface area contributed by atoms with Crippen LogP contribution in [0.25, 0.3) is 22.0 Å². The maximum absolute atomic E-state index is 12.4. The number of fused-ring (bicyclic) bond motifs is 1. The molecule has 6 heteroatoms. The summed E-state index contributed by atoms with van der Waals surface area (Å²) in [6.07, 6.45) is 1.73. The summed E-state index contributed by atoms with van der Waals surface area (Å²) in [5.74, 6) is 1.54. The summed E-state index contributed by atoms with van der Waals surface area (Å²) in [5, 5.41) is 0.858. The van der Waals surface area contributed by atoms with Gasteiger partial charge >= 0.3 is 0 Å². The molecule has 4 aromatic rings. The smallest absolute Gasteiger partial charge is 0.259 e. The summed E-state index contributed by atoms with van der Waals surface area (Å²) in [6, 6.07) is 20.9. The third-order valence-electron chi connectivity index (χ3n) is 4.88. The SMILES string of the molecule is COc1cc(/C=C(\Cl)c2nc3c(C)cccc3c(=O)[nH]2)ccc1OCc1ccccc1. The standard InChI is InChI=1S/C25H21ClN2O3/c1-16-7-6-10-19-23(16)27-24(28-25(19)29)20(26)13-18-11-12-21(22(14-18)30-2)31-15-17-8-4-3-5-9-17/h3-14H,15H2,1-2H3,(H,27,28,29)/b20-13-. The van der Waals surface area contributed by atoms with Gasteiger partial charge in [0, 0.05) is 0 Å². The average molecular weight is 433 g/mol. The highest BCUT2D eigenvalue weighted by atomic mass is 35.5. The van der Waals surface area contributed by atoms with Crippen LogP contribution in [0.3, 0.4) is 0 Å². The van der Waals surface area contributed by atoms with Crippen molar-refractivity contribution in [3.63, 3.8) is 0 Å². The van der Waals surface area contributed by atoms with Crippen LogP contribution < -0.4 is 15.0 Å². The lowest BCUT2D eigenvalue weighted by Gasteiger charge is -2.11. The fraction of sp³-hybridized carbons (Fsp3) is 0.120. The number of methoxy groups -OCH3 is 1. The van der Waals surface area contributed by atoms with Crippen molar-refractivity contribution >= 4 is 33.6 Å². The molecule has 0 aliphatic heterocycles. The molecule has 0 amide bonds. The molecule has 4 rings (SSSR count). The quantitative estimate of drug-likeness (QED) is 0.433. The third kappa shape index (κ3) is 4.62. The Morgan fingerprint density at radius 3 is 2.65 bits per heavy atom. The first-order valence-corrected chi connectivity index (χ1v) is 10.1. The minimum atomic E-state index is -0.225. The zero-order valence-electron chi connectivity index (χ0n) is 17.2. The number of nitrogens with one attached hydrogen (secondary N) is 1. The molecule has 1 heterocycles. The number of aromatic amines is 1. The minimum Gasteiger partial charge on any atom is -0.493 e. The molecule has 31 heavy (non-hydrogen) atoms. The van der Waals surface area contributed by atoms with Gasteiger partial charge in [-0.2, -0.15) is 0 Å². The molecule has 0 radical (unpaired) electrons. The van der Waals surface area contributed by atoms with Crippen LogP contribution in [-0.4, -0.2) is 17.1 Å². The van der Waals surface area contributed by atoms with E-state index in [1.807, 2.05) is 67.6 Å². The van der Waals surface area contributed by atoms with E-state index in [0.717, 1.165) is 16.7 Å². The van der Waals surface area contributed by atoms with Crippen molar-refractivity contribution in [3.8, 4) is 11.5 Å². The highest BCUT2D eigenvalue weighted by Crippen LogP contribution is 2.31. The van der Waals surface area contributed by atoms with Gasteiger partial charge in [-0.05, 0) is 47.9 Å². The number of nitrogens with zero attached hydrogens (tertiary/aromatic N) is 1. The Morgan fingerprint density at radius 1 is 1.06 bits per heavy atom. The fourth-order valence-corrected chi connectivity index (χ4v) is 3.48. The molecule has 0 bridgehead atoms. The maximum Gasteiger partial charge on any atom is 0.259 e. The highest BCUT2D eigenvalue weighted by molar-refractivity contribution is 6.50. The van der Waals surface area contributed by atoms with Crippen molar-refractivity contribution in [3.05, 3.63) is 99.6 Å². The molecule has 0 aliphatic carbocycles. The van der Waals surface area contributed by atoms with Gasteiger partial charge in [0.05, 0.1) is 23.0 Å². The molecule has 0 saturated carbocycles. The lowest BCUT2D eigenvalue weighted by molar-refractivity contribution is 0.284. The zero-order valence-corrected chi connectivity index (χ0v) is 17.9. The van der Waals surface area contributed by atoms with Gasteiger partial charge < -0.3 is 14.5 Å². The van der Waals surface area contributed by atoms with Crippen LogP contribution in [0.1, 0.15) is 22.5 Å². The summed E-state index contributed by atoms with van der Waals surface area (Å²) < 4.78 is 11.4. The van der Waals surface area contributed by atoms with Crippen molar-refractivity contribution in [1.29, 1.82) is 0 Å². The number of hydrogen-bond donors (Lipinski definition) is 1. The molecular weight excluding hydrogens is 412 g/mol. The molecule has 0 unspecified atom stereocenters. The van der Waals surface area contributed by atoms with Crippen LogP contribution in [-0.2, 0) is 6.61 Å². The van der Waals surface area contributed by atoms with Crippen LogP contribution in [0, 0.1) is 6.92 Å². The second kappa shape index (κ2) is 9.06. The highest BCUT2D eigenvalue weighted by Gasteiger charge is 2.10. The predicted octanol–water partition coefficient (Wildman–Crippen LogP) is 5.56. The monoisotopic (exact) mass is 432 g/mol. The Bertz CT molecular complexity index is 1310. The van der Waals surface area contributed by atoms with E-state index in [1.54, 1.807) is 19.3 Å². The molecular formula is C25H21ClN2O3. The maximum atomic E-state index is 12.4. The number of ether oxygens (including phenoxy) is 2. The second-order valence-electron chi connectivity index (χ2n) is 7.06. The van der Waals surface area contributed by atoms with Gasteiger partial charge in [-0.3, -0.25) is 4.79 Å². The van der Waals surface area contributed by atoms with Gasteiger partial charge in [-0.1, -0.05) is 60.1 Å². The molecule has 3 aromatic carbocycles. The van der Waals surface area contributed by atoms with Crippen molar-refractivity contribution in [2.75, 3.05) is 7.11 Å². The number of halogens is 1. The summed E-state index contributed by atoms with van der Waals surface area (Å²) in [4.78, 5) is 19.7. The van der Waals surface area contributed by atoms with Crippen molar-refractivity contribution in [1.82, 2.24) is 9.97 Å². The number of hydrogen-bond acceptors (Lipinski definition) is 4. The van der Waals surface area contributed by atoms with Crippen molar-refractivity contribution < 1.29 is 9.47 Å². The van der Waals surface area contributed by atoms with Crippen LogP contribution in [0.2, 0.25) is 0 Å². The fourth-order valence-electron chi connectivity index (χ4n) is 3.26. The van der Waals surface area contributed by atoms with Crippen LogP contribution in [0.4, 0.5) is 0 Å². The van der Waals surface area contributed by atoms with Gasteiger partial charge in [0.25, 0.3) is 5.56 Å². The summed E-state index contributed by atoms with van der Waals surface area (Å²) in [7, 11) is 1.59. The zero-order chi connectivity index (χ0) is 21.8. The molecule has 156 valence electrons. The topological polar surface area (TPSA) is 64.2 Å². The minimum absolute atomic E-state index is 0.225. The van der Waals surface area contributed by atoms with Crippen LogP contribution >= 0.6 is 11.6 Å². The number of H-pyrrole nitrogens is 1. The van der Waals surface area contributed by atoms with E-state index in [0.29, 0.717) is 39.9 Å². The van der Waals surface area contributed by atoms with E-state index in [1.165, 1.54) is 0 Å². The second-order valence-corrected chi connectivity index (χ2v) is 7.47. The van der Waals surface area contributed by atoms with E-state index in [9.17, 15) is 4.79 Å². The molecule has 0 aliphatic rings. The predicted molar refractivity (Wildman–Crippen MR) is 125 cm³/mol. The summed E-state index contributed by atoms with van der Waals surface area (Å²) in [6.45, 7) is 2.35. The molecule has 1 N–H and O–H groups in total. The lowest BCUT2D eigenvalue weighted by atomic mass is 10.1. The Labute approximate surface area is 184 Å². The molecule has 5 nitrogen and oxygen atoms in total. The molecule has 0 spiro atoms. The normalized spacial score (nSPS) is 11.5. The van der Waals surface area contributed by atoms with Gasteiger partial charge in [-0.25, -0.2) is 4.98 Å². The Morgan fingerprint density at radius 2 is 1.87 bits per heavy atom. The molecule has 1 aromatic heterocycles. The van der Waals surface area contributed by atoms with E-state index >= 15 is 0 Å². The van der Waals surface area contributed by atoms with Crippen LogP contribution in [0.15, 0.2) is 71.5 Å². The van der Waals surface area contributed by atoms with E-state index < -0.39 is 0 Å². The first-order valence-electron chi connectivity index (χ1n) is 9.77.